The van der Waals surface area contributed by atoms with Crippen LogP contribution in [0.5, 0.6) is 0 Å². The molecule has 2 aromatic rings. The van der Waals surface area contributed by atoms with Crippen molar-refractivity contribution in [3.05, 3.63) is 53.2 Å². The molecule has 0 aliphatic rings. The molecule has 1 heterocycles. The summed E-state index contributed by atoms with van der Waals surface area (Å²) in [4.78, 5) is 10.8. The van der Waals surface area contributed by atoms with Gasteiger partial charge >= 0.3 is 5.97 Å². The van der Waals surface area contributed by atoms with Gasteiger partial charge in [0.15, 0.2) is 0 Å². The predicted octanol–water partition coefficient (Wildman–Crippen LogP) is 3.04. The molecule has 0 fully saturated rings. The van der Waals surface area contributed by atoms with Gasteiger partial charge in [-0.15, -0.1) is 0 Å². The van der Waals surface area contributed by atoms with E-state index in [0.717, 1.165) is 5.69 Å². The van der Waals surface area contributed by atoms with Gasteiger partial charge in [-0.1, -0.05) is 0 Å². The molecule has 0 spiro atoms. The van der Waals surface area contributed by atoms with Crippen molar-refractivity contribution in [2.75, 3.05) is 5.32 Å². The summed E-state index contributed by atoms with van der Waals surface area (Å²) in [5.41, 5.74) is 1.32. The molecule has 1 aromatic heterocycles. The summed E-state index contributed by atoms with van der Waals surface area (Å²) in [5.74, 6) is -0.914. The molecule has 1 aromatic carbocycles. The van der Waals surface area contributed by atoms with Gasteiger partial charge in [0, 0.05) is 11.3 Å². The second kappa shape index (κ2) is 4.91. The Kier molecular flexibility index (Phi) is 3.32. The maximum atomic E-state index is 12.7. The van der Waals surface area contributed by atoms with E-state index in [2.05, 4.69) is 5.32 Å². The van der Waals surface area contributed by atoms with Gasteiger partial charge in [0.05, 0.1) is 6.54 Å². The van der Waals surface area contributed by atoms with E-state index in [1.54, 1.807) is 25.1 Å². The van der Waals surface area contributed by atoms with Crippen molar-refractivity contribution < 1.29 is 18.7 Å². The van der Waals surface area contributed by atoms with Crippen LogP contribution in [0.4, 0.5) is 10.1 Å². The summed E-state index contributed by atoms with van der Waals surface area (Å²) in [6.07, 6.45) is 0. The van der Waals surface area contributed by atoms with Crippen molar-refractivity contribution in [2.24, 2.45) is 0 Å². The van der Waals surface area contributed by atoms with E-state index < -0.39 is 5.97 Å². The van der Waals surface area contributed by atoms with Gasteiger partial charge in [0.25, 0.3) is 0 Å². The zero-order chi connectivity index (χ0) is 13.1. The van der Waals surface area contributed by atoms with Gasteiger partial charge in [-0.25, -0.2) is 9.18 Å². The number of halogens is 1. The summed E-state index contributed by atoms with van der Waals surface area (Å²) in [6, 6.07) is 7.56. The molecule has 0 aliphatic heterocycles. The van der Waals surface area contributed by atoms with Crippen molar-refractivity contribution in [1.29, 1.82) is 0 Å². The van der Waals surface area contributed by atoms with Crippen LogP contribution in [0, 0.1) is 12.7 Å². The van der Waals surface area contributed by atoms with Gasteiger partial charge in [0.2, 0.25) is 5.76 Å². The minimum atomic E-state index is -1.08. The predicted molar refractivity (Wildman–Crippen MR) is 64.1 cm³/mol. The number of benzene rings is 1. The average Bonchev–Trinajstić information content (AvgIpc) is 2.70. The number of nitrogens with one attached hydrogen (secondary N) is 1. The average molecular weight is 249 g/mol. The lowest BCUT2D eigenvalue weighted by atomic mass is 10.2. The first kappa shape index (κ1) is 12.2. The molecule has 0 atom stereocenters. The Hall–Kier alpha value is -2.30. The first-order chi connectivity index (χ1) is 8.56. The molecule has 2 rings (SSSR count). The number of hydrogen-bond donors (Lipinski definition) is 2. The van der Waals surface area contributed by atoms with E-state index in [-0.39, 0.29) is 11.6 Å². The molecule has 0 saturated carbocycles. The molecule has 0 unspecified atom stereocenters. The van der Waals surface area contributed by atoms with E-state index in [1.165, 1.54) is 12.1 Å². The van der Waals surface area contributed by atoms with Crippen LogP contribution in [0.2, 0.25) is 0 Å². The Bertz CT molecular complexity index is 560. The molecule has 0 saturated heterocycles. The van der Waals surface area contributed by atoms with Crippen molar-refractivity contribution >= 4 is 11.7 Å². The maximum Gasteiger partial charge on any atom is 0.372 e. The van der Waals surface area contributed by atoms with E-state index in [9.17, 15) is 9.18 Å². The highest BCUT2D eigenvalue weighted by Gasteiger charge is 2.13. The Labute approximate surface area is 103 Å². The molecule has 0 bridgehead atoms. The quantitative estimate of drug-likeness (QED) is 0.874. The third-order valence-electron chi connectivity index (χ3n) is 2.47. The Morgan fingerprint density at radius 1 is 1.39 bits per heavy atom. The lowest BCUT2D eigenvalue weighted by molar-refractivity contribution is 0.0659. The minimum absolute atomic E-state index is 0.0501. The summed E-state index contributed by atoms with van der Waals surface area (Å²) in [5, 5.41) is 11.9. The number of carboxylic acid groups (broad SMARTS) is 1. The van der Waals surface area contributed by atoms with Gasteiger partial charge < -0.3 is 14.8 Å². The molecule has 18 heavy (non-hydrogen) atoms. The molecule has 94 valence electrons. The summed E-state index contributed by atoms with van der Waals surface area (Å²) < 4.78 is 17.9. The van der Waals surface area contributed by atoms with Crippen molar-refractivity contribution in [3.8, 4) is 0 Å². The fraction of sp³-hybridized carbons (Fsp3) is 0.154. The van der Waals surface area contributed by atoms with E-state index in [4.69, 9.17) is 9.52 Å². The van der Waals surface area contributed by atoms with Gasteiger partial charge in [0.1, 0.15) is 11.6 Å². The lowest BCUT2D eigenvalue weighted by Crippen LogP contribution is -1.98. The van der Waals surface area contributed by atoms with Crippen molar-refractivity contribution in [2.45, 2.75) is 13.5 Å². The summed E-state index contributed by atoms with van der Waals surface area (Å²) in [7, 11) is 0. The number of carboxylic acids is 1. The van der Waals surface area contributed by atoms with Crippen LogP contribution in [0.3, 0.4) is 0 Å². The highest BCUT2D eigenvalue weighted by Crippen LogP contribution is 2.16. The van der Waals surface area contributed by atoms with Crippen LogP contribution in [-0.2, 0) is 6.54 Å². The second-order valence-electron chi connectivity index (χ2n) is 3.89. The van der Waals surface area contributed by atoms with Crippen LogP contribution in [0.1, 0.15) is 21.9 Å². The van der Waals surface area contributed by atoms with Crippen LogP contribution in [0.25, 0.3) is 0 Å². The number of rotatable bonds is 4. The molecule has 5 heteroatoms. The third-order valence-corrected chi connectivity index (χ3v) is 2.47. The number of aromatic carboxylic acids is 1. The highest BCUT2D eigenvalue weighted by molar-refractivity contribution is 5.86. The molecule has 0 amide bonds. The molecule has 0 radical (unpaired) electrons. The molecule has 0 aliphatic carbocycles. The molecule has 4 nitrogen and oxygen atoms in total. The monoisotopic (exact) mass is 249 g/mol. The van der Waals surface area contributed by atoms with Crippen molar-refractivity contribution in [3.63, 3.8) is 0 Å². The standard InChI is InChI=1S/C13H12FNO3/c1-8-6-11(18-12(8)13(16)17)7-15-10-4-2-9(14)3-5-10/h2-6,15H,7H2,1H3,(H,16,17). The zero-order valence-corrected chi connectivity index (χ0v) is 9.74. The Morgan fingerprint density at radius 2 is 2.06 bits per heavy atom. The van der Waals surface area contributed by atoms with E-state index in [0.29, 0.717) is 17.9 Å². The Balaban J connectivity index is 2.04. The fourth-order valence-electron chi connectivity index (χ4n) is 1.60. The number of anilines is 1. The zero-order valence-electron chi connectivity index (χ0n) is 9.74. The smallest absolute Gasteiger partial charge is 0.372 e. The van der Waals surface area contributed by atoms with Crippen LogP contribution >= 0.6 is 0 Å². The first-order valence-electron chi connectivity index (χ1n) is 5.38. The van der Waals surface area contributed by atoms with E-state index in [1.807, 2.05) is 0 Å². The molecule has 2 N–H and O–H groups in total. The van der Waals surface area contributed by atoms with Gasteiger partial charge in [-0.3, -0.25) is 0 Å². The summed E-state index contributed by atoms with van der Waals surface area (Å²) >= 11 is 0. The van der Waals surface area contributed by atoms with Gasteiger partial charge in [-0.05, 0) is 37.3 Å². The van der Waals surface area contributed by atoms with Crippen LogP contribution in [-0.4, -0.2) is 11.1 Å². The maximum absolute atomic E-state index is 12.7. The number of carbonyl (C=O) groups is 1. The minimum Gasteiger partial charge on any atom is -0.475 e. The SMILES string of the molecule is Cc1cc(CNc2ccc(F)cc2)oc1C(=O)O. The highest BCUT2D eigenvalue weighted by atomic mass is 19.1. The lowest BCUT2D eigenvalue weighted by Gasteiger charge is -2.03. The second-order valence-corrected chi connectivity index (χ2v) is 3.89. The third kappa shape index (κ3) is 2.68. The summed E-state index contributed by atoms with van der Waals surface area (Å²) in [6.45, 7) is 2.02. The number of furan rings is 1. The van der Waals surface area contributed by atoms with Gasteiger partial charge in [-0.2, -0.15) is 0 Å². The largest absolute Gasteiger partial charge is 0.475 e. The Morgan fingerprint density at radius 3 is 2.61 bits per heavy atom. The number of aryl methyl sites for hydroxylation is 1. The van der Waals surface area contributed by atoms with Crippen LogP contribution in [0.15, 0.2) is 34.7 Å². The van der Waals surface area contributed by atoms with Crippen molar-refractivity contribution in [1.82, 2.24) is 0 Å². The number of hydrogen-bond acceptors (Lipinski definition) is 3. The van der Waals surface area contributed by atoms with Crippen LogP contribution < -0.4 is 5.32 Å². The fourth-order valence-corrected chi connectivity index (χ4v) is 1.60. The molecular weight excluding hydrogens is 237 g/mol. The van der Waals surface area contributed by atoms with E-state index >= 15 is 0 Å². The normalized spacial score (nSPS) is 10.3. The first-order valence-corrected chi connectivity index (χ1v) is 5.38. The molecular formula is C13H12FNO3. The topological polar surface area (TPSA) is 62.5 Å².